The molecule has 0 bridgehead atoms. The molecule has 2 aromatic carbocycles. The van der Waals surface area contributed by atoms with E-state index in [2.05, 4.69) is 9.97 Å². The van der Waals surface area contributed by atoms with Gasteiger partial charge in [0.1, 0.15) is 5.75 Å². The van der Waals surface area contributed by atoms with Crippen LogP contribution in [0.2, 0.25) is 5.28 Å². The van der Waals surface area contributed by atoms with E-state index in [0.717, 1.165) is 35.2 Å². The van der Waals surface area contributed by atoms with Crippen LogP contribution in [0.3, 0.4) is 0 Å². The van der Waals surface area contributed by atoms with Crippen LogP contribution in [0.4, 0.5) is 10.1 Å². The molecule has 2 N–H and O–H groups in total. The molecule has 0 radical (unpaired) electrons. The molecule has 30 heavy (non-hydrogen) atoms. The van der Waals surface area contributed by atoms with Crippen molar-refractivity contribution >= 4 is 23.2 Å². The highest BCUT2D eigenvalue weighted by Gasteiger charge is 2.31. The molecule has 4 rings (SSSR count). The number of aromatic hydroxyl groups is 2. The van der Waals surface area contributed by atoms with Crippen LogP contribution in [-0.4, -0.2) is 32.1 Å². The minimum atomic E-state index is -0.965. The van der Waals surface area contributed by atoms with E-state index >= 15 is 0 Å². The van der Waals surface area contributed by atoms with Gasteiger partial charge in [0, 0.05) is 29.6 Å². The third-order valence-corrected chi connectivity index (χ3v) is 5.52. The Labute approximate surface area is 177 Å². The van der Waals surface area contributed by atoms with Gasteiger partial charge in [0.15, 0.2) is 11.6 Å². The Hall–Kier alpha value is -3.19. The molecule has 154 valence electrons. The predicted octanol–water partition coefficient (Wildman–Crippen LogP) is 4.64. The Morgan fingerprint density at radius 1 is 1.23 bits per heavy atom. The van der Waals surface area contributed by atoms with E-state index < -0.39 is 23.2 Å². The fourth-order valence-corrected chi connectivity index (χ4v) is 3.91. The van der Waals surface area contributed by atoms with E-state index in [1.165, 1.54) is 0 Å². The van der Waals surface area contributed by atoms with Crippen LogP contribution in [0.25, 0.3) is 11.3 Å². The Balaban J connectivity index is 1.77. The standard InChI is InChI=1S/C22H19ClFN3O3/c1-11-10-25-22(23)26-20(11)14-5-6-17-13(7-14)4-3-12(2)27(17)21(30)15-8-16(24)19(29)9-18(15)28/h5-10,12,28-29H,3-4H2,1-2H3/t12-/m0/s1. The van der Waals surface area contributed by atoms with Crippen molar-refractivity contribution in [1.29, 1.82) is 0 Å². The number of phenols is 2. The van der Waals surface area contributed by atoms with Crippen molar-refractivity contribution < 1.29 is 19.4 Å². The predicted molar refractivity (Wildman–Crippen MR) is 112 cm³/mol. The van der Waals surface area contributed by atoms with E-state index in [1.54, 1.807) is 11.1 Å². The van der Waals surface area contributed by atoms with E-state index in [1.807, 2.05) is 32.0 Å². The molecule has 0 saturated heterocycles. The highest BCUT2D eigenvalue weighted by Crippen LogP contribution is 2.37. The van der Waals surface area contributed by atoms with Gasteiger partial charge in [-0.2, -0.15) is 0 Å². The van der Waals surface area contributed by atoms with E-state index in [4.69, 9.17) is 11.6 Å². The van der Waals surface area contributed by atoms with E-state index in [-0.39, 0.29) is 16.9 Å². The summed E-state index contributed by atoms with van der Waals surface area (Å²) >= 11 is 5.95. The normalized spacial score (nSPS) is 15.7. The van der Waals surface area contributed by atoms with E-state index in [9.17, 15) is 19.4 Å². The lowest BCUT2D eigenvalue weighted by molar-refractivity contribution is 0.0972. The van der Waals surface area contributed by atoms with Gasteiger partial charge in [-0.05, 0) is 67.6 Å². The molecule has 0 unspecified atom stereocenters. The molecule has 6 nitrogen and oxygen atoms in total. The maximum atomic E-state index is 13.8. The first-order valence-electron chi connectivity index (χ1n) is 9.43. The number of aromatic nitrogens is 2. The summed E-state index contributed by atoms with van der Waals surface area (Å²) in [5.74, 6) is -2.68. The number of phenolic OH excluding ortho intramolecular Hbond substituents is 2. The number of fused-ring (bicyclic) bond motifs is 1. The van der Waals surface area contributed by atoms with Gasteiger partial charge in [0.2, 0.25) is 5.28 Å². The molecule has 0 fully saturated rings. The average molecular weight is 428 g/mol. The zero-order valence-electron chi connectivity index (χ0n) is 16.4. The fourth-order valence-electron chi connectivity index (χ4n) is 3.77. The Morgan fingerprint density at radius 3 is 2.77 bits per heavy atom. The van der Waals surface area contributed by atoms with Crippen LogP contribution in [-0.2, 0) is 6.42 Å². The van der Waals surface area contributed by atoms with Gasteiger partial charge in [-0.1, -0.05) is 6.07 Å². The van der Waals surface area contributed by atoms with Crippen molar-refractivity contribution in [2.45, 2.75) is 32.7 Å². The second kappa shape index (κ2) is 7.57. The van der Waals surface area contributed by atoms with Crippen LogP contribution in [0, 0.1) is 12.7 Å². The Morgan fingerprint density at radius 2 is 2.00 bits per heavy atom. The zero-order valence-corrected chi connectivity index (χ0v) is 17.1. The highest BCUT2D eigenvalue weighted by molar-refractivity contribution is 6.28. The molecule has 1 amide bonds. The first kappa shape index (κ1) is 20.1. The van der Waals surface area contributed by atoms with Gasteiger partial charge in [-0.15, -0.1) is 0 Å². The first-order valence-corrected chi connectivity index (χ1v) is 9.81. The summed E-state index contributed by atoms with van der Waals surface area (Å²) in [5.41, 5.74) is 3.87. The number of anilines is 1. The number of hydrogen-bond donors (Lipinski definition) is 2. The molecular formula is C22H19ClFN3O3. The molecule has 8 heteroatoms. The van der Waals surface area contributed by atoms with Gasteiger partial charge in [0.05, 0.1) is 11.3 Å². The molecule has 2 heterocycles. The van der Waals surface area contributed by atoms with Gasteiger partial charge < -0.3 is 15.1 Å². The number of hydrogen-bond acceptors (Lipinski definition) is 5. The molecule has 1 aromatic heterocycles. The SMILES string of the molecule is Cc1cnc(Cl)nc1-c1ccc2c(c1)CC[C@H](C)N2C(=O)c1cc(F)c(O)cc1O. The summed E-state index contributed by atoms with van der Waals surface area (Å²) in [7, 11) is 0. The molecule has 0 aliphatic carbocycles. The van der Waals surface area contributed by atoms with Crippen LogP contribution in [0.15, 0.2) is 36.5 Å². The number of benzene rings is 2. The lowest BCUT2D eigenvalue weighted by atomic mass is 9.93. The minimum Gasteiger partial charge on any atom is -0.507 e. The lowest BCUT2D eigenvalue weighted by Gasteiger charge is -2.35. The quantitative estimate of drug-likeness (QED) is 0.582. The van der Waals surface area contributed by atoms with Crippen molar-refractivity contribution in [3.63, 3.8) is 0 Å². The smallest absolute Gasteiger partial charge is 0.262 e. The fraction of sp³-hybridized carbons (Fsp3) is 0.227. The Kier molecular flexibility index (Phi) is 5.07. The van der Waals surface area contributed by atoms with Crippen LogP contribution in [0.5, 0.6) is 11.5 Å². The van der Waals surface area contributed by atoms with Crippen LogP contribution < -0.4 is 4.90 Å². The summed E-state index contributed by atoms with van der Waals surface area (Å²) in [5, 5.41) is 19.7. The number of amides is 1. The number of carbonyl (C=O) groups excluding carboxylic acids is 1. The number of halogens is 2. The van der Waals surface area contributed by atoms with Crippen molar-refractivity contribution in [2.24, 2.45) is 0 Å². The molecule has 1 aliphatic rings. The number of rotatable bonds is 2. The minimum absolute atomic E-state index is 0.151. The molecular weight excluding hydrogens is 409 g/mol. The summed E-state index contributed by atoms with van der Waals surface area (Å²) in [4.78, 5) is 23.0. The van der Waals surface area contributed by atoms with Gasteiger partial charge >= 0.3 is 0 Å². The summed E-state index contributed by atoms with van der Waals surface area (Å²) < 4.78 is 13.8. The summed E-state index contributed by atoms with van der Waals surface area (Å²) in [6.45, 7) is 3.79. The number of carbonyl (C=O) groups is 1. The maximum absolute atomic E-state index is 13.8. The number of aryl methyl sites for hydroxylation is 2. The van der Waals surface area contributed by atoms with Crippen molar-refractivity contribution in [3.8, 4) is 22.8 Å². The number of nitrogens with zero attached hydrogens (tertiary/aromatic N) is 3. The third-order valence-electron chi connectivity index (χ3n) is 5.34. The first-order chi connectivity index (χ1) is 14.3. The van der Waals surface area contributed by atoms with Gasteiger partial charge in [-0.3, -0.25) is 4.79 Å². The monoisotopic (exact) mass is 427 g/mol. The van der Waals surface area contributed by atoms with Crippen molar-refractivity contribution in [2.75, 3.05) is 4.90 Å². The third kappa shape index (κ3) is 3.45. The van der Waals surface area contributed by atoms with Gasteiger partial charge in [-0.25, -0.2) is 14.4 Å². The highest BCUT2D eigenvalue weighted by atomic mass is 35.5. The topological polar surface area (TPSA) is 86.6 Å². The molecule has 0 spiro atoms. The molecule has 1 atom stereocenters. The van der Waals surface area contributed by atoms with E-state index in [0.29, 0.717) is 17.8 Å². The second-order valence-electron chi connectivity index (χ2n) is 7.40. The largest absolute Gasteiger partial charge is 0.507 e. The summed E-state index contributed by atoms with van der Waals surface area (Å²) in [6, 6.07) is 7.17. The average Bonchev–Trinajstić information content (AvgIpc) is 2.71. The van der Waals surface area contributed by atoms with Crippen molar-refractivity contribution in [1.82, 2.24) is 9.97 Å². The lowest BCUT2D eigenvalue weighted by Crippen LogP contribution is -2.42. The maximum Gasteiger partial charge on any atom is 0.262 e. The summed E-state index contributed by atoms with van der Waals surface area (Å²) in [6.07, 6.45) is 3.11. The van der Waals surface area contributed by atoms with Gasteiger partial charge in [0.25, 0.3) is 5.91 Å². The second-order valence-corrected chi connectivity index (χ2v) is 7.74. The molecule has 1 aliphatic heterocycles. The van der Waals surface area contributed by atoms with Crippen LogP contribution in [0.1, 0.15) is 34.8 Å². The zero-order chi connectivity index (χ0) is 21.6. The Bertz CT molecular complexity index is 1170. The molecule has 0 saturated carbocycles. The molecule has 3 aromatic rings. The van der Waals surface area contributed by atoms with Crippen LogP contribution >= 0.6 is 11.6 Å². The van der Waals surface area contributed by atoms with Crippen molar-refractivity contribution in [3.05, 3.63) is 64.3 Å².